The third-order valence-corrected chi connectivity index (χ3v) is 5.66. The number of nitrogens with zero attached hydrogens (tertiary/aromatic N) is 5. The topological polar surface area (TPSA) is 79.0 Å². The van der Waals surface area contributed by atoms with Gasteiger partial charge in [-0.15, -0.1) is 0 Å². The van der Waals surface area contributed by atoms with Crippen LogP contribution in [0.3, 0.4) is 0 Å². The number of rotatable bonds is 8. The zero-order chi connectivity index (χ0) is 22.0. The van der Waals surface area contributed by atoms with E-state index >= 15 is 0 Å². The second-order valence-corrected chi connectivity index (χ2v) is 8.07. The van der Waals surface area contributed by atoms with Gasteiger partial charge in [0.15, 0.2) is 6.23 Å². The summed E-state index contributed by atoms with van der Waals surface area (Å²) in [6, 6.07) is 2.06. The van der Waals surface area contributed by atoms with Crippen molar-refractivity contribution in [3.63, 3.8) is 0 Å². The van der Waals surface area contributed by atoms with Crippen molar-refractivity contribution in [2.75, 3.05) is 19.7 Å². The molecule has 31 heavy (non-hydrogen) atoms. The molecule has 0 aromatic carbocycles. The largest absolute Gasteiger partial charge is 0.473 e. The van der Waals surface area contributed by atoms with Crippen LogP contribution in [0.15, 0.2) is 18.8 Å². The first kappa shape index (κ1) is 21.5. The quantitative estimate of drug-likeness (QED) is 0.592. The number of hydrogen-bond donors (Lipinski definition) is 1. The zero-order valence-electron chi connectivity index (χ0n) is 18.9. The highest BCUT2D eigenvalue weighted by molar-refractivity contribution is 5.90. The number of hydrogen-bond acceptors (Lipinski definition) is 6. The predicted molar refractivity (Wildman–Crippen MR) is 122 cm³/mol. The molecule has 8 nitrogen and oxygen atoms in total. The van der Waals surface area contributed by atoms with Crippen LogP contribution in [-0.4, -0.2) is 50.3 Å². The number of aromatic nitrogens is 5. The van der Waals surface area contributed by atoms with Gasteiger partial charge in [0.1, 0.15) is 6.10 Å². The van der Waals surface area contributed by atoms with E-state index in [9.17, 15) is 0 Å². The van der Waals surface area contributed by atoms with E-state index in [2.05, 4.69) is 36.9 Å². The van der Waals surface area contributed by atoms with Crippen LogP contribution in [0.1, 0.15) is 50.7 Å². The molecule has 0 radical (unpaired) electrons. The van der Waals surface area contributed by atoms with Crippen molar-refractivity contribution in [1.29, 1.82) is 0 Å². The number of nitrogens with one attached hydrogen (secondary N) is 1. The summed E-state index contributed by atoms with van der Waals surface area (Å²) in [5, 5.41) is 13.7. The molecule has 2 atom stereocenters. The Labute approximate surface area is 183 Å². The molecular weight excluding hydrogens is 392 g/mol. The summed E-state index contributed by atoms with van der Waals surface area (Å²) < 4.78 is 16.0. The standard InChI is InChI=1S/C23H32N6O2/c1-6-18-17-12-19(25-14-20(17)29(27-18)21-10-8-9-11-30-21)22-16(4)26-28(5)23(22)31-15(3)13-24-7-2/h6,12,14-15,21,24H,1,7-11,13H2,2-5H3/t15-,21?/m1/s1. The average molecular weight is 425 g/mol. The first-order valence-corrected chi connectivity index (χ1v) is 11.1. The molecular formula is C23H32N6O2. The monoisotopic (exact) mass is 424 g/mol. The molecule has 8 heteroatoms. The molecule has 166 valence electrons. The molecule has 0 aliphatic carbocycles. The van der Waals surface area contributed by atoms with E-state index in [1.54, 1.807) is 10.8 Å². The number of likely N-dealkylation sites (N-methyl/N-ethyl adjacent to an activating group) is 1. The van der Waals surface area contributed by atoms with E-state index in [1.807, 2.05) is 24.9 Å². The van der Waals surface area contributed by atoms with Crippen LogP contribution in [0.2, 0.25) is 0 Å². The highest BCUT2D eigenvalue weighted by Gasteiger charge is 2.24. The van der Waals surface area contributed by atoms with Gasteiger partial charge in [0, 0.05) is 25.6 Å². The summed E-state index contributed by atoms with van der Waals surface area (Å²) in [5.74, 6) is 0.720. The van der Waals surface area contributed by atoms with Crippen molar-refractivity contribution in [1.82, 2.24) is 29.9 Å². The van der Waals surface area contributed by atoms with Crippen LogP contribution in [0.5, 0.6) is 5.88 Å². The lowest BCUT2D eigenvalue weighted by molar-refractivity contribution is -0.0367. The van der Waals surface area contributed by atoms with Crippen molar-refractivity contribution in [2.45, 2.75) is 52.4 Å². The molecule has 1 aliphatic rings. The molecule has 1 unspecified atom stereocenters. The summed E-state index contributed by atoms with van der Waals surface area (Å²) >= 11 is 0. The molecule has 4 rings (SSSR count). The molecule has 0 amide bonds. The van der Waals surface area contributed by atoms with Gasteiger partial charge in [-0.05, 0) is 51.8 Å². The molecule has 1 saturated heterocycles. The summed E-state index contributed by atoms with van der Waals surface area (Å²) in [7, 11) is 1.90. The van der Waals surface area contributed by atoms with Crippen LogP contribution in [-0.2, 0) is 11.8 Å². The Morgan fingerprint density at radius 1 is 1.39 bits per heavy atom. The maximum Gasteiger partial charge on any atom is 0.221 e. The van der Waals surface area contributed by atoms with Crippen LogP contribution < -0.4 is 10.1 Å². The fourth-order valence-corrected chi connectivity index (χ4v) is 4.13. The van der Waals surface area contributed by atoms with E-state index in [-0.39, 0.29) is 12.3 Å². The predicted octanol–water partition coefficient (Wildman–Crippen LogP) is 3.86. The Morgan fingerprint density at radius 3 is 2.94 bits per heavy atom. The third-order valence-electron chi connectivity index (χ3n) is 5.66. The summed E-state index contributed by atoms with van der Waals surface area (Å²) in [4.78, 5) is 4.78. The van der Waals surface area contributed by atoms with Gasteiger partial charge in [0.05, 0.1) is 34.4 Å². The minimum absolute atomic E-state index is 0.00664. The smallest absolute Gasteiger partial charge is 0.221 e. The zero-order valence-corrected chi connectivity index (χ0v) is 18.9. The lowest BCUT2D eigenvalue weighted by Crippen LogP contribution is -2.29. The lowest BCUT2D eigenvalue weighted by atomic mass is 10.1. The van der Waals surface area contributed by atoms with Crippen LogP contribution in [0.4, 0.5) is 0 Å². The normalized spacial score (nSPS) is 17.7. The van der Waals surface area contributed by atoms with Crippen molar-refractivity contribution < 1.29 is 9.47 Å². The van der Waals surface area contributed by atoms with E-state index in [0.29, 0.717) is 0 Å². The maximum absolute atomic E-state index is 6.26. The molecule has 3 aromatic rings. The van der Waals surface area contributed by atoms with Gasteiger partial charge in [-0.25, -0.2) is 9.36 Å². The Bertz CT molecular complexity index is 1060. The highest BCUT2D eigenvalue weighted by atomic mass is 16.5. The van der Waals surface area contributed by atoms with Gasteiger partial charge in [-0.1, -0.05) is 13.5 Å². The third kappa shape index (κ3) is 4.22. The Balaban J connectivity index is 1.74. The molecule has 1 aliphatic heterocycles. The highest BCUT2D eigenvalue weighted by Crippen LogP contribution is 2.35. The van der Waals surface area contributed by atoms with Crippen molar-refractivity contribution in [3.8, 4) is 17.1 Å². The number of aryl methyl sites for hydroxylation is 2. The molecule has 1 fully saturated rings. The van der Waals surface area contributed by atoms with Gasteiger partial charge in [-0.3, -0.25) is 4.98 Å². The van der Waals surface area contributed by atoms with Crippen molar-refractivity contribution in [2.24, 2.45) is 7.05 Å². The van der Waals surface area contributed by atoms with Gasteiger partial charge in [-0.2, -0.15) is 10.2 Å². The summed E-state index contributed by atoms with van der Waals surface area (Å²) in [5.41, 5.74) is 4.39. The van der Waals surface area contributed by atoms with E-state index in [1.165, 1.54) is 0 Å². The second kappa shape index (κ2) is 9.20. The summed E-state index contributed by atoms with van der Waals surface area (Å²) in [6.45, 7) is 12.5. The van der Waals surface area contributed by atoms with Gasteiger partial charge >= 0.3 is 0 Å². The molecule has 0 spiro atoms. The fraction of sp³-hybridized carbons (Fsp3) is 0.522. The molecule has 0 bridgehead atoms. The maximum atomic E-state index is 6.26. The second-order valence-electron chi connectivity index (χ2n) is 8.07. The average Bonchev–Trinajstić information content (AvgIpc) is 3.28. The number of fused-ring (bicyclic) bond motifs is 1. The van der Waals surface area contributed by atoms with E-state index in [4.69, 9.17) is 19.6 Å². The minimum atomic E-state index is -0.0523. The van der Waals surface area contributed by atoms with Gasteiger partial charge in [0.2, 0.25) is 5.88 Å². The SMILES string of the molecule is C=Cc1nn(C2CCCCO2)c2cnc(-c3c(C)nn(C)c3O[C@H](C)CNCC)cc12. The molecule has 1 N–H and O–H groups in total. The van der Waals surface area contributed by atoms with Crippen molar-refractivity contribution in [3.05, 3.63) is 30.2 Å². The lowest BCUT2D eigenvalue weighted by Gasteiger charge is -2.23. The number of pyridine rings is 1. The van der Waals surface area contributed by atoms with Crippen LogP contribution in [0.25, 0.3) is 28.2 Å². The van der Waals surface area contributed by atoms with Crippen LogP contribution in [0, 0.1) is 6.92 Å². The van der Waals surface area contributed by atoms with Gasteiger partial charge < -0.3 is 14.8 Å². The molecule has 4 heterocycles. The Morgan fingerprint density at radius 2 is 2.23 bits per heavy atom. The van der Waals surface area contributed by atoms with Gasteiger partial charge in [0.25, 0.3) is 0 Å². The minimum Gasteiger partial charge on any atom is -0.473 e. The van der Waals surface area contributed by atoms with Crippen LogP contribution >= 0.6 is 0 Å². The first-order chi connectivity index (χ1) is 15.0. The molecule has 3 aromatic heterocycles. The van der Waals surface area contributed by atoms with E-state index in [0.717, 1.165) is 78.4 Å². The van der Waals surface area contributed by atoms with E-state index < -0.39 is 0 Å². The Kier molecular flexibility index (Phi) is 6.38. The number of ether oxygens (including phenoxy) is 2. The molecule has 0 saturated carbocycles. The van der Waals surface area contributed by atoms with Crippen molar-refractivity contribution >= 4 is 17.0 Å². The summed E-state index contributed by atoms with van der Waals surface area (Å²) in [6.07, 6.45) is 6.82. The Hall–Kier alpha value is -2.71. The first-order valence-electron chi connectivity index (χ1n) is 11.1. The fourth-order valence-electron chi connectivity index (χ4n) is 4.13.